The lowest BCUT2D eigenvalue weighted by Gasteiger charge is -2.29. The Labute approximate surface area is 242 Å². The SMILES string of the molecule is CCCCCN(CC(=O)OCC)C(=S)C(CCC(=O)OCc1ccccc1)CSc1ccc2ccccc2c1. The van der Waals surface area contributed by atoms with Crippen LogP contribution < -0.4 is 0 Å². The van der Waals surface area contributed by atoms with Gasteiger partial charge in [-0.2, -0.15) is 0 Å². The number of ether oxygens (including phenoxy) is 2. The first kappa shape index (κ1) is 30.6. The van der Waals surface area contributed by atoms with Crippen molar-refractivity contribution in [2.45, 2.75) is 57.5 Å². The number of hydrogen-bond donors (Lipinski definition) is 0. The fourth-order valence-corrected chi connectivity index (χ4v) is 5.83. The summed E-state index contributed by atoms with van der Waals surface area (Å²) in [4.78, 5) is 28.9. The molecule has 3 aromatic carbocycles. The van der Waals surface area contributed by atoms with E-state index in [4.69, 9.17) is 21.7 Å². The monoisotopic (exact) mass is 565 g/mol. The van der Waals surface area contributed by atoms with Crippen LogP contribution in [0.4, 0.5) is 0 Å². The number of rotatable bonds is 16. The van der Waals surface area contributed by atoms with E-state index in [1.165, 1.54) is 10.8 Å². The second kappa shape index (κ2) is 16.9. The van der Waals surface area contributed by atoms with Crippen LogP contribution in [0.3, 0.4) is 0 Å². The predicted octanol–water partition coefficient (Wildman–Crippen LogP) is 7.45. The molecule has 0 heterocycles. The van der Waals surface area contributed by atoms with Crippen molar-refractivity contribution in [3.05, 3.63) is 78.4 Å². The highest BCUT2D eigenvalue weighted by molar-refractivity contribution is 7.99. The third kappa shape index (κ3) is 10.6. The third-order valence-electron chi connectivity index (χ3n) is 6.43. The molecule has 0 amide bonds. The van der Waals surface area contributed by atoms with E-state index in [-0.39, 0.29) is 37.4 Å². The summed E-state index contributed by atoms with van der Waals surface area (Å²) in [6.45, 7) is 5.38. The topological polar surface area (TPSA) is 55.8 Å². The summed E-state index contributed by atoms with van der Waals surface area (Å²) in [5.74, 6) is 0.109. The zero-order valence-electron chi connectivity index (χ0n) is 23.0. The molecule has 7 heteroatoms. The van der Waals surface area contributed by atoms with Crippen LogP contribution >= 0.6 is 24.0 Å². The highest BCUT2D eigenvalue weighted by Crippen LogP contribution is 2.28. The Morgan fingerprint density at radius 3 is 2.38 bits per heavy atom. The molecule has 208 valence electrons. The molecular formula is C32H39NO4S2. The van der Waals surface area contributed by atoms with Crippen molar-refractivity contribution in [1.29, 1.82) is 0 Å². The number of thiocarbonyl (C=S) groups is 1. The predicted molar refractivity (Wildman–Crippen MR) is 164 cm³/mol. The summed E-state index contributed by atoms with van der Waals surface area (Å²) in [6, 6.07) is 24.4. The number of thioether (sulfide) groups is 1. The zero-order chi connectivity index (χ0) is 27.9. The van der Waals surface area contributed by atoms with Gasteiger partial charge >= 0.3 is 11.9 Å². The maximum Gasteiger partial charge on any atom is 0.325 e. The summed E-state index contributed by atoms with van der Waals surface area (Å²) >= 11 is 7.71. The van der Waals surface area contributed by atoms with Gasteiger partial charge in [-0.1, -0.05) is 92.6 Å². The van der Waals surface area contributed by atoms with Crippen LogP contribution in [-0.4, -0.2) is 47.3 Å². The average molecular weight is 566 g/mol. The Bertz CT molecular complexity index is 1200. The minimum Gasteiger partial charge on any atom is -0.465 e. The standard InChI is InChI=1S/C32H39NO4S2/c1-3-5-11-20-33(22-31(35)36-4-2)32(38)28(17-19-30(34)37-23-25-12-7-6-8-13-25)24-39-29-18-16-26-14-9-10-15-27(26)21-29/h6-10,12-16,18,21,28H,3-5,11,17,19-20,22-24H2,1-2H3. The van der Waals surface area contributed by atoms with Crippen LogP contribution in [0.25, 0.3) is 10.8 Å². The van der Waals surface area contributed by atoms with Gasteiger partial charge in [-0.25, -0.2) is 0 Å². The number of benzene rings is 3. The molecule has 0 bridgehead atoms. The van der Waals surface area contributed by atoms with Gasteiger partial charge in [0.25, 0.3) is 0 Å². The van der Waals surface area contributed by atoms with Crippen LogP contribution in [0.5, 0.6) is 0 Å². The van der Waals surface area contributed by atoms with E-state index in [1.807, 2.05) is 54.3 Å². The Hall–Kier alpha value is -2.90. The van der Waals surface area contributed by atoms with Crippen LogP contribution in [-0.2, 0) is 25.7 Å². The minimum absolute atomic E-state index is 0.0724. The number of nitrogens with zero attached hydrogens (tertiary/aromatic N) is 1. The Kier molecular flexibility index (Phi) is 13.3. The molecule has 0 aromatic heterocycles. The van der Waals surface area contributed by atoms with Crippen molar-refractivity contribution in [3.8, 4) is 0 Å². The normalized spacial score (nSPS) is 11.6. The number of carbonyl (C=O) groups is 2. The van der Waals surface area contributed by atoms with Crippen LogP contribution in [0.2, 0.25) is 0 Å². The molecule has 0 saturated carbocycles. The van der Waals surface area contributed by atoms with Gasteiger partial charge in [0.05, 0.1) is 11.6 Å². The summed E-state index contributed by atoms with van der Waals surface area (Å²) in [5.41, 5.74) is 0.960. The van der Waals surface area contributed by atoms with E-state index in [1.54, 1.807) is 11.8 Å². The van der Waals surface area contributed by atoms with Crippen molar-refractivity contribution >= 4 is 51.7 Å². The zero-order valence-corrected chi connectivity index (χ0v) is 24.6. The first-order chi connectivity index (χ1) is 19.0. The fraction of sp³-hybridized carbons (Fsp3) is 0.406. The van der Waals surface area contributed by atoms with Crippen molar-refractivity contribution in [3.63, 3.8) is 0 Å². The molecule has 0 N–H and O–H groups in total. The molecular weight excluding hydrogens is 526 g/mol. The highest BCUT2D eigenvalue weighted by Gasteiger charge is 2.24. The van der Waals surface area contributed by atoms with Gasteiger partial charge in [0, 0.05) is 29.5 Å². The number of esters is 2. The molecule has 0 spiro atoms. The van der Waals surface area contributed by atoms with Crippen LogP contribution in [0.15, 0.2) is 77.7 Å². The van der Waals surface area contributed by atoms with E-state index in [0.29, 0.717) is 30.3 Å². The lowest BCUT2D eigenvalue weighted by molar-refractivity contribution is -0.145. The number of hydrogen-bond acceptors (Lipinski definition) is 6. The lowest BCUT2D eigenvalue weighted by atomic mass is 10.0. The summed E-state index contributed by atoms with van der Waals surface area (Å²) < 4.78 is 10.8. The van der Waals surface area contributed by atoms with Crippen molar-refractivity contribution in [2.75, 3.05) is 25.4 Å². The summed E-state index contributed by atoms with van der Waals surface area (Å²) in [5, 5.41) is 2.39. The smallest absolute Gasteiger partial charge is 0.325 e. The van der Waals surface area contributed by atoms with E-state index in [0.717, 1.165) is 29.7 Å². The molecule has 0 aliphatic carbocycles. The van der Waals surface area contributed by atoms with E-state index in [2.05, 4.69) is 37.3 Å². The molecule has 0 saturated heterocycles. The quantitative estimate of drug-likeness (QED) is 0.0773. The first-order valence-corrected chi connectivity index (χ1v) is 15.1. The Morgan fingerprint density at radius 1 is 0.897 bits per heavy atom. The molecule has 3 rings (SSSR count). The maximum absolute atomic E-state index is 12.6. The highest BCUT2D eigenvalue weighted by atomic mass is 32.2. The molecule has 1 atom stereocenters. The number of carbonyl (C=O) groups excluding carboxylic acids is 2. The molecule has 1 unspecified atom stereocenters. The molecule has 0 radical (unpaired) electrons. The van der Waals surface area contributed by atoms with Crippen LogP contribution in [0, 0.1) is 5.92 Å². The molecule has 0 aliphatic heterocycles. The Balaban J connectivity index is 1.70. The van der Waals surface area contributed by atoms with Crippen LogP contribution in [0.1, 0.15) is 51.5 Å². The van der Waals surface area contributed by atoms with E-state index >= 15 is 0 Å². The second-order valence-corrected chi connectivity index (χ2v) is 11.0. The molecule has 0 aliphatic rings. The van der Waals surface area contributed by atoms with Gasteiger partial charge in [0.1, 0.15) is 13.2 Å². The number of unbranched alkanes of at least 4 members (excludes halogenated alkanes) is 2. The Morgan fingerprint density at radius 2 is 1.64 bits per heavy atom. The van der Waals surface area contributed by atoms with E-state index < -0.39 is 0 Å². The average Bonchev–Trinajstić information content (AvgIpc) is 2.96. The van der Waals surface area contributed by atoms with Gasteiger partial charge in [-0.15, -0.1) is 11.8 Å². The largest absolute Gasteiger partial charge is 0.465 e. The second-order valence-electron chi connectivity index (χ2n) is 9.47. The summed E-state index contributed by atoms with van der Waals surface area (Å²) in [7, 11) is 0. The first-order valence-electron chi connectivity index (χ1n) is 13.8. The third-order valence-corrected chi connectivity index (χ3v) is 8.18. The van der Waals surface area contributed by atoms with Crippen molar-refractivity contribution in [2.24, 2.45) is 5.92 Å². The minimum atomic E-state index is -0.278. The van der Waals surface area contributed by atoms with Crippen molar-refractivity contribution in [1.82, 2.24) is 4.90 Å². The van der Waals surface area contributed by atoms with Gasteiger partial charge in [0.15, 0.2) is 0 Å². The molecule has 0 fully saturated rings. The van der Waals surface area contributed by atoms with Gasteiger partial charge in [-0.3, -0.25) is 9.59 Å². The van der Waals surface area contributed by atoms with Gasteiger partial charge in [-0.05, 0) is 48.2 Å². The number of fused-ring (bicyclic) bond motifs is 1. The molecule has 3 aromatic rings. The fourth-order valence-electron chi connectivity index (χ4n) is 4.27. The maximum atomic E-state index is 12.6. The molecule has 39 heavy (non-hydrogen) atoms. The van der Waals surface area contributed by atoms with E-state index in [9.17, 15) is 9.59 Å². The molecule has 5 nitrogen and oxygen atoms in total. The van der Waals surface area contributed by atoms with Crippen molar-refractivity contribution < 1.29 is 19.1 Å². The summed E-state index contributed by atoms with van der Waals surface area (Å²) in [6.07, 6.45) is 3.90. The lowest BCUT2D eigenvalue weighted by Crippen LogP contribution is -2.40. The van der Waals surface area contributed by atoms with Gasteiger partial charge < -0.3 is 14.4 Å². The van der Waals surface area contributed by atoms with Gasteiger partial charge in [0.2, 0.25) is 0 Å².